The molecule has 4 heterocycles. The molecule has 2 aromatic heterocycles. The molecule has 0 saturated carbocycles. The first-order chi connectivity index (χ1) is 15.8. The van der Waals surface area contributed by atoms with Gasteiger partial charge in [0.15, 0.2) is 5.65 Å². The number of fused-ring (bicyclic) bond motifs is 1. The maximum Gasteiger partial charge on any atom is 0.256 e. The lowest BCUT2D eigenvalue weighted by molar-refractivity contribution is 0.0607. The SMILES string of the molecule is Cc1cn2nc([C@@H]3CCCCN3C(=O)c3cc(Cl)ccc3N)cc2nc1N1CC(N)C(O)C1. The Balaban J connectivity index is 1.48. The van der Waals surface area contributed by atoms with Gasteiger partial charge in [-0.15, -0.1) is 0 Å². The summed E-state index contributed by atoms with van der Waals surface area (Å²) in [5.41, 5.74) is 15.3. The summed E-state index contributed by atoms with van der Waals surface area (Å²) < 4.78 is 1.76. The molecule has 2 aliphatic rings. The van der Waals surface area contributed by atoms with Crippen LogP contribution in [0.2, 0.25) is 5.02 Å². The van der Waals surface area contributed by atoms with Gasteiger partial charge >= 0.3 is 0 Å². The van der Waals surface area contributed by atoms with E-state index in [1.54, 1.807) is 22.7 Å². The number of amides is 1. The van der Waals surface area contributed by atoms with Crippen molar-refractivity contribution in [1.82, 2.24) is 19.5 Å². The minimum atomic E-state index is -0.566. The van der Waals surface area contributed by atoms with E-state index in [0.717, 1.165) is 36.3 Å². The first-order valence-electron chi connectivity index (χ1n) is 11.2. The van der Waals surface area contributed by atoms with E-state index in [2.05, 4.69) is 0 Å². The molecule has 0 bridgehead atoms. The molecule has 1 amide bonds. The third kappa shape index (κ3) is 4.01. The summed E-state index contributed by atoms with van der Waals surface area (Å²) in [5.74, 6) is 0.658. The van der Waals surface area contributed by atoms with Crippen molar-refractivity contribution in [2.75, 3.05) is 30.3 Å². The number of carbonyl (C=O) groups excluding carboxylic acids is 1. The number of nitrogens with zero attached hydrogens (tertiary/aromatic N) is 5. The maximum absolute atomic E-state index is 13.4. The topological polar surface area (TPSA) is 126 Å². The van der Waals surface area contributed by atoms with Gasteiger partial charge in [0.25, 0.3) is 5.91 Å². The van der Waals surface area contributed by atoms with Crippen LogP contribution in [0.4, 0.5) is 11.5 Å². The average Bonchev–Trinajstić information content (AvgIpc) is 3.36. The molecule has 1 aromatic carbocycles. The summed E-state index contributed by atoms with van der Waals surface area (Å²) in [6.07, 6.45) is 4.11. The van der Waals surface area contributed by atoms with Crippen molar-refractivity contribution in [2.24, 2.45) is 5.73 Å². The van der Waals surface area contributed by atoms with Crippen molar-refractivity contribution in [3.05, 3.63) is 52.3 Å². The number of rotatable bonds is 3. The van der Waals surface area contributed by atoms with Crippen LogP contribution in [0, 0.1) is 6.92 Å². The van der Waals surface area contributed by atoms with E-state index in [-0.39, 0.29) is 18.0 Å². The van der Waals surface area contributed by atoms with Gasteiger partial charge in [0.2, 0.25) is 0 Å². The van der Waals surface area contributed by atoms with Gasteiger partial charge in [0, 0.05) is 54.2 Å². The molecule has 0 aliphatic carbocycles. The van der Waals surface area contributed by atoms with E-state index >= 15 is 0 Å². The number of hydrogen-bond donors (Lipinski definition) is 3. The number of aliphatic hydroxyl groups excluding tert-OH is 1. The Morgan fingerprint density at radius 3 is 2.82 bits per heavy atom. The van der Waals surface area contributed by atoms with Gasteiger partial charge in [-0.05, 0) is 44.4 Å². The second-order valence-electron chi connectivity index (χ2n) is 9.00. The zero-order valence-electron chi connectivity index (χ0n) is 18.5. The lowest BCUT2D eigenvalue weighted by Crippen LogP contribution is -2.39. The van der Waals surface area contributed by atoms with Crippen molar-refractivity contribution in [3.8, 4) is 0 Å². The lowest BCUT2D eigenvalue weighted by atomic mass is 9.98. The van der Waals surface area contributed by atoms with E-state index in [1.807, 2.05) is 29.0 Å². The highest BCUT2D eigenvalue weighted by atomic mass is 35.5. The third-order valence-electron chi connectivity index (χ3n) is 6.61. The lowest BCUT2D eigenvalue weighted by Gasteiger charge is -2.35. The number of β-amino-alcohol motifs (C(OH)–C–C–N with tert-alkyl or cyclic N) is 1. The van der Waals surface area contributed by atoms with Gasteiger partial charge in [-0.3, -0.25) is 4.79 Å². The molecule has 9 nitrogen and oxygen atoms in total. The normalized spacial score (nSPS) is 23.5. The third-order valence-corrected chi connectivity index (χ3v) is 6.84. The number of piperidine rings is 1. The van der Waals surface area contributed by atoms with Crippen LogP contribution in [0.1, 0.15) is 46.9 Å². The molecule has 3 aromatic rings. The molecule has 2 saturated heterocycles. The number of nitrogens with two attached hydrogens (primary N) is 2. The highest BCUT2D eigenvalue weighted by Gasteiger charge is 2.33. The molecule has 2 unspecified atom stereocenters. The minimum Gasteiger partial charge on any atom is -0.398 e. The molecule has 10 heteroatoms. The number of benzene rings is 1. The van der Waals surface area contributed by atoms with Crippen LogP contribution >= 0.6 is 11.6 Å². The largest absolute Gasteiger partial charge is 0.398 e. The summed E-state index contributed by atoms with van der Waals surface area (Å²) in [6, 6.07) is 6.45. The van der Waals surface area contributed by atoms with Crippen molar-refractivity contribution in [3.63, 3.8) is 0 Å². The van der Waals surface area contributed by atoms with E-state index in [1.165, 1.54) is 0 Å². The first kappa shape index (κ1) is 21.9. The number of aliphatic hydroxyl groups is 1. The van der Waals surface area contributed by atoms with Gasteiger partial charge in [0.1, 0.15) is 5.82 Å². The monoisotopic (exact) mass is 469 g/mol. The smallest absolute Gasteiger partial charge is 0.256 e. The van der Waals surface area contributed by atoms with E-state index in [9.17, 15) is 9.90 Å². The Bertz CT molecular complexity index is 1200. The van der Waals surface area contributed by atoms with Crippen LogP contribution in [0.15, 0.2) is 30.5 Å². The van der Waals surface area contributed by atoms with E-state index in [0.29, 0.717) is 41.6 Å². The van der Waals surface area contributed by atoms with E-state index < -0.39 is 6.10 Å². The number of likely N-dealkylation sites (tertiary alicyclic amines) is 1. The Kier molecular flexibility index (Phi) is 5.64. The minimum absolute atomic E-state index is 0.137. The van der Waals surface area contributed by atoms with Crippen LogP contribution < -0.4 is 16.4 Å². The fourth-order valence-corrected chi connectivity index (χ4v) is 5.01. The van der Waals surface area contributed by atoms with Crippen molar-refractivity contribution in [2.45, 2.75) is 44.4 Å². The number of carbonyl (C=O) groups is 1. The molecule has 0 spiro atoms. The molecule has 5 N–H and O–H groups in total. The Labute approximate surface area is 196 Å². The molecule has 2 fully saturated rings. The van der Waals surface area contributed by atoms with Crippen LogP contribution in [-0.2, 0) is 0 Å². The number of nitrogen functional groups attached to an aromatic ring is 1. The van der Waals surface area contributed by atoms with Crippen molar-refractivity contribution >= 4 is 34.7 Å². The van der Waals surface area contributed by atoms with E-state index in [4.69, 9.17) is 33.2 Å². The zero-order valence-corrected chi connectivity index (χ0v) is 19.2. The maximum atomic E-state index is 13.4. The number of aryl methyl sites for hydroxylation is 1. The quantitative estimate of drug-likeness (QED) is 0.501. The molecule has 2 aliphatic heterocycles. The summed E-state index contributed by atoms with van der Waals surface area (Å²) in [6.45, 7) is 3.61. The number of halogens is 1. The number of aromatic nitrogens is 3. The summed E-state index contributed by atoms with van der Waals surface area (Å²) in [4.78, 5) is 22.1. The Morgan fingerprint density at radius 2 is 2.06 bits per heavy atom. The summed E-state index contributed by atoms with van der Waals surface area (Å²) in [7, 11) is 0. The van der Waals surface area contributed by atoms with Gasteiger partial charge in [-0.25, -0.2) is 9.50 Å². The van der Waals surface area contributed by atoms with Gasteiger partial charge < -0.3 is 26.4 Å². The molecule has 0 radical (unpaired) electrons. The number of anilines is 2. The molecule has 33 heavy (non-hydrogen) atoms. The summed E-state index contributed by atoms with van der Waals surface area (Å²) in [5, 5.41) is 15.3. The summed E-state index contributed by atoms with van der Waals surface area (Å²) >= 11 is 6.13. The zero-order chi connectivity index (χ0) is 23.3. The van der Waals surface area contributed by atoms with Gasteiger partial charge in [-0.1, -0.05) is 11.6 Å². The van der Waals surface area contributed by atoms with Gasteiger partial charge in [0.05, 0.1) is 23.4 Å². The van der Waals surface area contributed by atoms with Crippen molar-refractivity contribution < 1.29 is 9.90 Å². The number of hydrogen-bond acceptors (Lipinski definition) is 7. The predicted molar refractivity (Wildman–Crippen MR) is 127 cm³/mol. The fourth-order valence-electron chi connectivity index (χ4n) is 4.84. The van der Waals surface area contributed by atoms with Crippen LogP contribution in [0.5, 0.6) is 0 Å². The molecule has 3 atom stereocenters. The van der Waals surface area contributed by atoms with Crippen LogP contribution in [-0.4, -0.2) is 62.3 Å². The fraction of sp³-hybridized carbons (Fsp3) is 0.435. The Morgan fingerprint density at radius 1 is 1.24 bits per heavy atom. The Hall–Kier alpha value is -2.88. The van der Waals surface area contributed by atoms with Gasteiger partial charge in [-0.2, -0.15) is 5.10 Å². The van der Waals surface area contributed by atoms with Crippen LogP contribution in [0.3, 0.4) is 0 Å². The second-order valence-corrected chi connectivity index (χ2v) is 9.43. The predicted octanol–water partition coefficient (Wildman–Crippen LogP) is 2.15. The van der Waals surface area contributed by atoms with Crippen LogP contribution in [0.25, 0.3) is 5.65 Å². The molecule has 174 valence electrons. The standard InChI is InChI=1S/C23H28ClN7O2/c1-13-10-31-21(27-22(13)29-11-17(26)20(32)12-29)9-18(28-31)19-4-2-3-7-30(19)23(33)15-8-14(24)5-6-16(15)25/h5-6,8-10,17,19-20,32H,2-4,7,11-12,25-26H2,1H3/t17?,19-,20?/m0/s1. The highest BCUT2D eigenvalue weighted by Crippen LogP contribution is 2.34. The molecular weight excluding hydrogens is 442 g/mol. The average molecular weight is 470 g/mol. The second kappa shape index (κ2) is 8.48. The molecular formula is C23H28ClN7O2. The molecule has 5 rings (SSSR count). The highest BCUT2D eigenvalue weighted by molar-refractivity contribution is 6.31. The van der Waals surface area contributed by atoms with Crippen molar-refractivity contribution in [1.29, 1.82) is 0 Å². The first-order valence-corrected chi connectivity index (χ1v) is 11.6.